The van der Waals surface area contributed by atoms with Crippen molar-refractivity contribution in [2.45, 2.75) is 25.3 Å². The van der Waals surface area contributed by atoms with Gasteiger partial charge in [0.1, 0.15) is 17.2 Å². The van der Waals surface area contributed by atoms with Crippen molar-refractivity contribution in [1.82, 2.24) is 10.6 Å². The third kappa shape index (κ3) is 3.04. The Morgan fingerprint density at radius 2 is 2.00 bits per heavy atom. The van der Waals surface area contributed by atoms with E-state index in [1.54, 1.807) is 0 Å². The molecule has 0 bridgehead atoms. The summed E-state index contributed by atoms with van der Waals surface area (Å²) in [5.41, 5.74) is -0.498. The standard InChI is InChI=1S/C13H16F2N2O/c14-10-5-3-6-11(15)12(10)13(18)17-9-4-1-2-7-16-8-9/h3,5-6,9,16H,1-2,4,7-8H2,(H,17,18). The summed E-state index contributed by atoms with van der Waals surface area (Å²) in [4.78, 5) is 11.8. The molecule has 1 saturated heterocycles. The summed E-state index contributed by atoms with van der Waals surface area (Å²) in [5.74, 6) is -2.33. The fourth-order valence-corrected chi connectivity index (χ4v) is 2.11. The molecule has 1 amide bonds. The van der Waals surface area contributed by atoms with Crippen molar-refractivity contribution in [2.24, 2.45) is 0 Å². The number of carbonyl (C=O) groups excluding carboxylic acids is 1. The predicted molar refractivity (Wildman–Crippen MR) is 64.3 cm³/mol. The molecule has 98 valence electrons. The van der Waals surface area contributed by atoms with Crippen molar-refractivity contribution in [3.63, 3.8) is 0 Å². The van der Waals surface area contributed by atoms with E-state index in [0.29, 0.717) is 6.54 Å². The van der Waals surface area contributed by atoms with E-state index in [4.69, 9.17) is 0 Å². The third-order valence-corrected chi connectivity index (χ3v) is 3.07. The van der Waals surface area contributed by atoms with E-state index < -0.39 is 23.1 Å². The van der Waals surface area contributed by atoms with Crippen LogP contribution in [-0.2, 0) is 0 Å². The lowest BCUT2D eigenvalue weighted by Crippen LogP contribution is -2.41. The molecule has 0 aliphatic carbocycles. The molecule has 1 aromatic carbocycles. The lowest BCUT2D eigenvalue weighted by atomic mass is 10.1. The van der Waals surface area contributed by atoms with Gasteiger partial charge in [-0.15, -0.1) is 0 Å². The van der Waals surface area contributed by atoms with Crippen LogP contribution >= 0.6 is 0 Å². The van der Waals surface area contributed by atoms with Gasteiger partial charge in [0.05, 0.1) is 0 Å². The molecular weight excluding hydrogens is 238 g/mol. The number of amides is 1. The SMILES string of the molecule is O=C(NC1CCCCNC1)c1c(F)cccc1F. The number of halogens is 2. The Kier molecular flexibility index (Phi) is 4.25. The van der Waals surface area contributed by atoms with E-state index >= 15 is 0 Å². The first kappa shape index (κ1) is 13.0. The van der Waals surface area contributed by atoms with E-state index in [1.807, 2.05) is 0 Å². The lowest BCUT2D eigenvalue weighted by molar-refractivity contribution is 0.0927. The van der Waals surface area contributed by atoms with Crippen LogP contribution in [0.2, 0.25) is 0 Å². The second-order valence-electron chi connectivity index (χ2n) is 4.47. The Morgan fingerprint density at radius 3 is 2.72 bits per heavy atom. The number of carbonyl (C=O) groups is 1. The van der Waals surface area contributed by atoms with Crippen molar-refractivity contribution in [2.75, 3.05) is 13.1 Å². The zero-order valence-corrected chi connectivity index (χ0v) is 10.0. The minimum absolute atomic E-state index is 0.0704. The maximum Gasteiger partial charge on any atom is 0.257 e. The molecule has 3 nitrogen and oxygen atoms in total. The van der Waals surface area contributed by atoms with E-state index in [2.05, 4.69) is 10.6 Å². The van der Waals surface area contributed by atoms with Crippen LogP contribution in [0.3, 0.4) is 0 Å². The summed E-state index contributed by atoms with van der Waals surface area (Å²) in [6, 6.07) is 3.35. The van der Waals surface area contributed by atoms with E-state index in [9.17, 15) is 13.6 Å². The second-order valence-corrected chi connectivity index (χ2v) is 4.47. The summed E-state index contributed by atoms with van der Waals surface area (Å²) in [7, 11) is 0. The van der Waals surface area contributed by atoms with Crippen molar-refractivity contribution in [3.05, 3.63) is 35.4 Å². The minimum atomic E-state index is -0.825. The van der Waals surface area contributed by atoms with Crippen LogP contribution in [-0.4, -0.2) is 25.0 Å². The maximum atomic E-state index is 13.4. The van der Waals surface area contributed by atoms with Gasteiger partial charge in [0, 0.05) is 12.6 Å². The topological polar surface area (TPSA) is 41.1 Å². The Hall–Kier alpha value is -1.49. The normalized spacial score (nSPS) is 20.2. The van der Waals surface area contributed by atoms with Gasteiger partial charge in [-0.25, -0.2) is 8.78 Å². The molecule has 0 spiro atoms. The molecule has 1 unspecified atom stereocenters. The van der Waals surface area contributed by atoms with E-state index in [-0.39, 0.29) is 6.04 Å². The average Bonchev–Trinajstić information content (AvgIpc) is 2.57. The van der Waals surface area contributed by atoms with Crippen LogP contribution in [0.25, 0.3) is 0 Å². The van der Waals surface area contributed by atoms with E-state index in [0.717, 1.165) is 37.9 Å². The summed E-state index contributed by atoms with van der Waals surface area (Å²) in [6.45, 7) is 1.56. The highest BCUT2D eigenvalue weighted by Gasteiger charge is 2.20. The van der Waals surface area contributed by atoms with Gasteiger partial charge in [0.15, 0.2) is 0 Å². The zero-order chi connectivity index (χ0) is 13.0. The summed E-state index contributed by atoms with van der Waals surface area (Å²) in [5, 5.41) is 5.86. The first-order valence-corrected chi connectivity index (χ1v) is 6.14. The highest BCUT2D eigenvalue weighted by Crippen LogP contribution is 2.13. The van der Waals surface area contributed by atoms with Gasteiger partial charge in [-0.2, -0.15) is 0 Å². The fraction of sp³-hybridized carbons (Fsp3) is 0.462. The molecule has 1 atom stereocenters. The largest absolute Gasteiger partial charge is 0.348 e. The summed E-state index contributed by atoms with van der Waals surface area (Å²) in [6.07, 6.45) is 2.88. The van der Waals surface area contributed by atoms with Crippen molar-refractivity contribution < 1.29 is 13.6 Å². The Morgan fingerprint density at radius 1 is 1.28 bits per heavy atom. The molecular formula is C13H16F2N2O. The number of benzene rings is 1. The zero-order valence-electron chi connectivity index (χ0n) is 10.0. The molecule has 1 fully saturated rings. The van der Waals surface area contributed by atoms with Crippen LogP contribution in [0, 0.1) is 11.6 Å². The molecule has 2 rings (SSSR count). The molecule has 1 aromatic rings. The van der Waals surface area contributed by atoms with Gasteiger partial charge in [-0.1, -0.05) is 12.5 Å². The lowest BCUT2D eigenvalue weighted by Gasteiger charge is -2.16. The van der Waals surface area contributed by atoms with Crippen molar-refractivity contribution in [1.29, 1.82) is 0 Å². The van der Waals surface area contributed by atoms with Crippen LogP contribution < -0.4 is 10.6 Å². The van der Waals surface area contributed by atoms with Crippen LogP contribution in [0.15, 0.2) is 18.2 Å². The smallest absolute Gasteiger partial charge is 0.257 e. The Bertz CT molecular complexity index is 409. The Labute approximate surface area is 105 Å². The molecule has 1 aliphatic heterocycles. The Balaban J connectivity index is 2.07. The average molecular weight is 254 g/mol. The third-order valence-electron chi connectivity index (χ3n) is 3.07. The monoisotopic (exact) mass is 254 g/mol. The molecule has 2 N–H and O–H groups in total. The van der Waals surface area contributed by atoms with Gasteiger partial charge in [-0.05, 0) is 31.5 Å². The van der Waals surface area contributed by atoms with Gasteiger partial charge in [-0.3, -0.25) is 4.79 Å². The molecule has 1 aliphatic rings. The number of hydrogen-bond acceptors (Lipinski definition) is 2. The van der Waals surface area contributed by atoms with Crippen molar-refractivity contribution in [3.8, 4) is 0 Å². The molecule has 18 heavy (non-hydrogen) atoms. The van der Waals surface area contributed by atoms with Crippen molar-refractivity contribution >= 4 is 5.91 Å². The summed E-state index contributed by atoms with van der Waals surface area (Å²) < 4.78 is 26.8. The highest BCUT2D eigenvalue weighted by molar-refractivity contribution is 5.94. The van der Waals surface area contributed by atoms with Crippen LogP contribution in [0.4, 0.5) is 8.78 Å². The van der Waals surface area contributed by atoms with Gasteiger partial charge in [0.2, 0.25) is 0 Å². The number of nitrogens with one attached hydrogen (secondary N) is 2. The van der Waals surface area contributed by atoms with Crippen LogP contribution in [0.1, 0.15) is 29.6 Å². The van der Waals surface area contributed by atoms with Gasteiger partial charge in [0.25, 0.3) is 5.91 Å². The van der Waals surface area contributed by atoms with Gasteiger partial charge < -0.3 is 10.6 Å². The number of rotatable bonds is 2. The molecule has 1 heterocycles. The van der Waals surface area contributed by atoms with Gasteiger partial charge >= 0.3 is 0 Å². The quantitative estimate of drug-likeness (QED) is 0.845. The molecule has 5 heteroatoms. The fourth-order valence-electron chi connectivity index (χ4n) is 2.11. The highest BCUT2D eigenvalue weighted by atomic mass is 19.1. The van der Waals surface area contributed by atoms with Crippen LogP contribution in [0.5, 0.6) is 0 Å². The molecule has 0 radical (unpaired) electrons. The first-order chi connectivity index (χ1) is 8.68. The number of hydrogen-bond donors (Lipinski definition) is 2. The van der Waals surface area contributed by atoms with E-state index in [1.165, 1.54) is 6.07 Å². The first-order valence-electron chi connectivity index (χ1n) is 6.14. The molecule has 0 aromatic heterocycles. The predicted octanol–water partition coefficient (Wildman–Crippen LogP) is 1.84. The minimum Gasteiger partial charge on any atom is -0.348 e. The second kappa shape index (κ2) is 5.91. The molecule has 0 saturated carbocycles. The summed E-state index contributed by atoms with van der Waals surface area (Å²) >= 11 is 0. The maximum absolute atomic E-state index is 13.4.